The molecule has 2 heterocycles. The van der Waals surface area contributed by atoms with Crippen molar-refractivity contribution >= 4 is 35.0 Å². The van der Waals surface area contributed by atoms with Gasteiger partial charge in [-0.2, -0.15) is 0 Å². The second-order valence-electron chi connectivity index (χ2n) is 5.50. The number of amides is 2. The zero-order valence-corrected chi connectivity index (χ0v) is 15.6. The summed E-state index contributed by atoms with van der Waals surface area (Å²) in [6, 6.07) is 10.3. The number of imide groups is 1. The van der Waals surface area contributed by atoms with Gasteiger partial charge in [0.25, 0.3) is 11.1 Å². The molecule has 0 bridgehead atoms. The zero-order chi connectivity index (χ0) is 19.4. The van der Waals surface area contributed by atoms with Gasteiger partial charge in [-0.1, -0.05) is 18.2 Å². The molecule has 1 aliphatic rings. The summed E-state index contributed by atoms with van der Waals surface area (Å²) in [5.41, 5.74) is 0.718. The standard InChI is InChI=1S/C19H17NO6S/c1-3-25-14-7-5-4-6-12(14)10-16-17(21)20(19(23)27-16)11-13-8-9-15(26-13)18(22)24-2/h4-10H,3,11H2,1-2H3. The first-order valence-corrected chi connectivity index (χ1v) is 8.99. The summed E-state index contributed by atoms with van der Waals surface area (Å²) >= 11 is 0.850. The Hall–Kier alpha value is -3.00. The summed E-state index contributed by atoms with van der Waals surface area (Å²) in [7, 11) is 1.24. The number of ether oxygens (including phenoxy) is 2. The van der Waals surface area contributed by atoms with Crippen LogP contribution in [0.15, 0.2) is 45.7 Å². The molecule has 0 unspecified atom stereocenters. The van der Waals surface area contributed by atoms with Crippen LogP contribution >= 0.6 is 11.8 Å². The summed E-state index contributed by atoms with van der Waals surface area (Å²) in [6.45, 7) is 2.30. The molecule has 0 atom stereocenters. The van der Waals surface area contributed by atoms with Crippen molar-refractivity contribution in [2.24, 2.45) is 0 Å². The van der Waals surface area contributed by atoms with Crippen molar-refractivity contribution in [1.82, 2.24) is 4.90 Å². The van der Waals surface area contributed by atoms with Gasteiger partial charge < -0.3 is 13.9 Å². The predicted octanol–water partition coefficient (Wildman–Crippen LogP) is 3.70. The minimum absolute atomic E-state index is 0.0145. The van der Waals surface area contributed by atoms with Gasteiger partial charge in [0.05, 0.1) is 25.2 Å². The molecule has 1 saturated heterocycles. The fraction of sp³-hybridized carbons (Fsp3) is 0.211. The van der Waals surface area contributed by atoms with Gasteiger partial charge in [0.15, 0.2) is 0 Å². The van der Waals surface area contributed by atoms with Crippen LogP contribution in [0.3, 0.4) is 0 Å². The number of hydrogen-bond acceptors (Lipinski definition) is 7. The number of carbonyl (C=O) groups is 3. The van der Waals surface area contributed by atoms with E-state index < -0.39 is 17.1 Å². The Morgan fingerprint density at radius 3 is 2.74 bits per heavy atom. The van der Waals surface area contributed by atoms with Gasteiger partial charge in [0.2, 0.25) is 5.76 Å². The van der Waals surface area contributed by atoms with Gasteiger partial charge in [0.1, 0.15) is 11.5 Å². The van der Waals surface area contributed by atoms with Crippen LogP contribution in [-0.2, 0) is 16.1 Å². The fourth-order valence-corrected chi connectivity index (χ4v) is 3.32. The zero-order valence-electron chi connectivity index (χ0n) is 14.8. The normalized spacial score (nSPS) is 15.5. The molecular weight excluding hydrogens is 370 g/mol. The van der Waals surface area contributed by atoms with Crippen LogP contribution in [0.1, 0.15) is 28.8 Å². The first-order chi connectivity index (χ1) is 13.0. The molecule has 0 aliphatic carbocycles. The van der Waals surface area contributed by atoms with Crippen molar-refractivity contribution in [3.63, 3.8) is 0 Å². The number of methoxy groups -OCH3 is 1. The summed E-state index contributed by atoms with van der Waals surface area (Å²) < 4.78 is 15.4. The van der Waals surface area contributed by atoms with E-state index in [1.807, 2.05) is 25.1 Å². The molecule has 1 fully saturated rings. The van der Waals surface area contributed by atoms with E-state index in [2.05, 4.69) is 4.74 Å². The minimum Gasteiger partial charge on any atom is -0.493 e. The van der Waals surface area contributed by atoms with Crippen LogP contribution < -0.4 is 4.74 Å². The van der Waals surface area contributed by atoms with E-state index >= 15 is 0 Å². The predicted molar refractivity (Wildman–Crippen MR) is 99.2 cm³/mol. The van der Waals surface area contributed by atoms with Crippen LogP contribution in [-0.4, -0.2) is 35.7 Å². The molecule has 2 amide bonds. The lowest BCUT2D eigenvalue weighted by atomic mass is 10.2. The Morgan fingerprint density at radius 2 is 2.00 bits per heavy atom. The van der Waals surface area contributed by atoms with Gasteiger partial charge in [0, 0.05) is 5.56 Å². The van der Waals surface area contributed by atoms with Crippen LogP contribution in [0.4, 0.5) is 4.79 Å². The first-order valence-electron chi connectivity index (χ1n) is 8.17. The van der Waals surface area contributed by atoms with Crippen LogP contribution in [0.2, 0.25) is 0 Å². The molecule has 2 aromatic rings. The minimum atomic E-state index is -0.622. The number of thioether (sulfide) groups is 1. The molecule has 1 aromatic carbocycles. The SMILES string of the molecule is CCOc1ccccc1C=C1SC(=O)N(Cc2ccc(C(=O)OC)o2)C1=O. The summed E-state index contributed by atoms with van der Waals surface area (Å²) in [4.78, 5) is 37.7. The molecule has 140 valence electrons. The first kappa shape index (κ1) is 18.8. The van der Waals surface area contributed by atoms with E-state index in [9.17, 15) is 14.4 Å². The maximum Gasteiger partial charge on any atom is 0.373 e. The van der Waals surface area contributed by atoms with E-state index in [-0.39, 0.29) is 12.3 Å². The lowest BCUT2D eigenvalue weighted by Gasteiger charge is -2.10. The Balaban J connectivity index is 1.79. The number of para-hydroxylation sites is 1. The van der Waals surface area contributed by atoms with Crippen LogP contribution in [0, 0.1) is 0 Å². The highest BCUT2D eigenvalue weighted by Gasteiger charge is 2.36. The highest BCUT2D eigenvalue weighted by molar-refractivity contribution is 8.18. The number of furan rings is 1. The molecule has 1 aromatic heterocycles. The summed E-state index contributed by atoms with van der Waals surface area (Å²) in [5.74, 6) is -0.0787. The average Bonchev–Trinajstić information content (AvgIpc) is 3.23. The van der Waals surface area contributed by atoms with Crippen LogP contribution in [0.5, 0.6) is 5.75 Å². The van der Waals surface area contributed by atoms with E-state index in [0.29, 0.717) is 23.0 Å². The number of esters is 1. The molecule has 8 heteroatoms. The van der Waals surface area contributed by atoms with Gasteiger partial charge >= 0.3 is 5.97 Å². The van der Waals surface area contributed by atoms with E-state index in [1.165, 1.54) is 19.2 Å². The number of nitrogens with zero attached hydrogens (tertiary/aromatic N) is 1. The quantitative estimate of drug-likeness (QED) is 0.552. The van der Waals surface area contributed by atoms with Gasteiger partial charge in [-0.05, 0) is 43.0 Å². The molecule has 3 rings (SSSR count). The lowest BCUT2D eigenvalue weighted by molar-refractivity contribution is -0.123. The van der Waals surface area contributed by atoms with Crippen molar-refractivity contribution in [2.75, 3.05) is 13.7 Å². The van der Waals surface area contributed by atoms with Gasteiger partial charge in [-0.25, -0.2) is 4.79 Å². The molecular formula is C19H17NO6S. The molecule has 7 nitrogen and oxygen atoms in total. The second kappa shape index (κ2) is 8.13. The molecule has 1 aliphatic heterocycles. The average molecular weight is 387 g/mol. The lowest BCUT2D eigenvalue weighted by Crippen LogP contribution is -2.27. The maximum absolute atomic E-state index is 12.6. The molecule has 0 N–H and O–H groups in total. The largest absolute Gasteiger partial charge is 0.493 e. The molecule has 27 heavy (non-hydrogen) atoms. The third-order valence-corrected chi connectivity index (χ3v) is 4.65. The maximum atomic E-state index is 12.6. The Labute approximate surface area is 159 Å². The topological polar surface area (TPSA) is 86.1 Å². The number of hydrogen-bond donors (Lipinski definition) is 0. The Bertz CT molecular complexity index is 916. The van der Waals surface area contributed by atoms with E-state index in [4.69, 9.17) is 9.15 Å². The Kier molecular flexibility index (Phi) is 5.66. The highest BCUT2D eigenvalue weighted by atomic mass is 32.2. The van der Waals surface area contributed by atoms with Crippen molar-refractivity contribution in [3.8, 4) is 5.75 Å². The van der Waals surface area contributed by atoms with Gasteiger partial charge in [-0.3, -0.25) is 14.5 Å². The molecule has 0 radical (unpaired) electrons. The fourth-order valence-electron chi connectivity index (χ4n) is 2.49. The second-order valence-corrected chi connectivity index (χ2v) is 6.49. The van der Waals surface area contributed by atoms with Gasteiger partial charge in [-0.15, -0.1) is 0 Å². The molecule has 0 spiro atoms. The van der Waals surface area contributed by atoms with E-state index in [1.54, 1.807) is 12.1 Å². The number of carbonyl (C=O) groups excluding carboxylic acids is 3. The smallest absolute Gasteiger partial charge is 0.373 e. The van der Waals surface area contributed by atoms with Crippen molar-refractivity contribution in [3.05, 3.63) is 58.4 Å². The number of rotatable bonds is 6. The van der Waals surface area contributed by atoms with E-state index in [0.717, 1.165) is 22.2 Å². The third-order valence-electron chi connectivity index (χ3n) is 3.74. The summed E-state index contributed by atoms with van der Waals surface area (Å²) in [5, 5.41) is -0.406. The highest BCUT2D eigenvalue weighted by Crippen LogP contribution is 2.35. The Morgan fingerprint density at radius 1 is 1.22 bits per heavy atom. The number of benzene rings is 1. The third kappa shape index (κ3) is 4.06. The summed E-state index contributed by atoms with van der Waals surface area (Å²) in [6.07, 6.45) is 1.64. The van der Waals surface area contributed by atoms with Crippen molar-refractivity contribution in [1.29, 1.82) is 0 Å². The van der Waals surface area contributed by atoms with Crippen molar-refractivity contribution in [2.45, 2.75) is 13.5 Å². The van der Waals surface area contributed by atoms with Crippen LogP contribution in [0.25, 0.3) is 6.08 Å². The van der Waals surface area contributed by atoms with Crippen molar-refractivity contribution < 1.29 is 28.3 Å². The monoisotopic (exact) mass is 387 g/mol. The molecule has 0 saturated carbocycles.